The van der Waals surface area contributed by atoms with Crippen molar-refractivity contribution in [2.24, 2.45) is 0 Å². The monoisotopic (exact) mass is 113 g/mol. The summed E-state index contributed by atoms with van der Waals surface area (Å²) >= 11 is 0. The molecule has 0 heterocycles. The van der Waals surface area contributed by atoms with Crippen LogP contribution in [0.25, 0.3) is 0 Å². The van der Waals surface area contributed by atoms with E-state index in [2.05, 4.69) is 0 Å². The zero-order chi connectivity index (χ0) is 7.49. The molecule has 7 heavy (non-hydrogen) atoms. The van der Waals surface area contributed by atoms with Crippen LogP contribution in [0.1, 0.15) is 23.8 Å². The van der Waals surface area contributed by atoms with Crippen molar-refractivity contribution in [3.8, 4) is 0 Å². The fourth-order valence-electron chi connectivity index (χ4n) is 0.102. The Morgan fingerprint density at radius 3 is 2.71 bits per heavy atom. The molecule has 0 atom stereocenters. The molecule has 2 nitrogen and oxygen atoms in total. The minimum absolute atomic E-state index is 0. The van der Waals surface area contributed by atoms with Gasteiger partial charge in [-0.1, -0.05) is 13.3 Å². The molecule has 0 aromatic carbocycles. The molecule has 0 aliphatic heterocycles. The number of carboxylic acid groups (broad SMARTS) is 1. The van der Waals surface area contributed by atoms with Gasteiger partial charge in [0.2, 0.25) is 0 Å². The number of aliphatic carboxylic acids is 1. The standard InChI is InChI=1S/C4H8O2.Na/c1-2-3-4(5)6;/h2-3H2,1H3,(H,5,6);/q;+1/p-1/i1D3;. The Morgan fingerprint density at radius 1 is 2.00 bits per heavy atom. The van der Waals surface area contributed by atoms with Gasteiger partial charge in [0, 0.05) is 10.1 Å². The summed E-state index contributed by atoms with van der Waals surface area (Å²) in [7, 11) is 0. The van der Waals surface area contributed by atoms with Crippen LogP contribution in [-0.2, 0) is 4.79 Å². The van der Waals surface area contributed by atoms with Gasteiger partial charge in [0.25, 0.3) is 0 Å². The van der Waals surface area contributed by atoms with Crippen molar-refractivity contribution >= 4 is 5.97 Å². The maximum absolute atomic E-state index is 9.68. The Hall–Kier alpha value is 0.470. The Labute approximate surface area is 69.4 Å². The van der Waals surface area contributed by atoms with Gasteiger partial charge >= 0.3 is 29.6 Å². The normalized spacial score (nSPS) is 15.1. The summed E-state index contributed by atoms with van der Waals surface area (Å²) in [4.78, 5) is 9.68. The molecule has 0 aromatic heterocycles. The number of carbonyl (C=O) groups is 1. The Morgan fingerprint density at radius 2 is 2.57 bits per heavy atom. The van der Waals surface area contributed by atoms with Crippen molar-refractivity contribution in [3.63, 3.8) is 0 Å². The summed E-state index contributed by atoms with van der Waals surface area (Å²) in [5, 5.41) is 9.68. The fraction of sp³-hybridized carbons (Fsp3) is 0.750. The fourth-order valence-corrected chi connectivity index (χ4v) is 0.102. The first-order valence-corrected chi connectivity index (χ1v) is 1.62. The van der Waals surface area contributed by atoms with Crippen LogP contribution < -0.4 is 34.7 Å². The molecule has 0 bridgehead atoms. The van der Waals surface area contributed by atoms with Gasteiger partial charge in [-0.3, -0.25) is 0 Å². The summed E-state index contributed by atoms with van der Waals surface area (Å²) < 4.78 is 19.7. The zero-order valence-electron chi connectivity index (χ0n) is 7.23. The quantitative estimate of drug-likeness (QED) is 0.349. The number of rotatable bonds is 2. The molecule has 0 aliphatic rings. The maximum atomic E-state index is 9.68. The first kappa shape index (κ1) is 4.36. The van der Waals surface area contributed by atoms with E-state index in [1.54, 1.807) is 0 Å². The predicted octanol–water partition coefficient (Wildman–Crippen LogP) is -3.46. The van der Waals surface area contributed by atoms with Crippen LogP contribution in [-0.4, -0.2) is 5.97 Å². The van der Waals surface area contributed by atoms with Gasteiger partial charge in [0.1, 0.15) is 0 Å². The third-order valence-corrected chi connectivity index (χ3v) is 0.329. The van der Waals surface area contributed by atoms with E-state index < -0.39 is 19.2 Å². The Bertz CT molecular complexity index is 112. The van der Waals surface area contributed by atoms with Crippen molar-refractivity contribution in [2.45, 2.75) is 19.7 Å². The van der Waals surface area contributed by atoms with Crippen molar-refractivity contribution < 1.29 is 43.6 Å². The number of hydrogen-bond donors (Lipinski definition) is 0. The van der Waals surface area contributed by atoms with Gasteiger partial charge in [0.05, 0.1) is 0 Å². The van der Waals surface area contributed by atoms with Crippen LogP contribution in [0.2, 0.25) is 0 Å². The SMILES string of the molecule is [2H]C([2H])([2H])CCC(=O)[O-].[Na+]. The molecule has 0 unspecified atom stereocenters. The minimum Gasteiger partial charge on any atom is -0.550 e. The second-order valence-electron chi connectivity index (χ2n) is 0.872. The summed E-state index contributed by atoms with van der Waals surface area (Å²) in [6.07, 6.45) is -0.703. The summed E-state index contributed by atoms with van der Waals surface area (Å²) in [5.74, 6) is -1.31. The summed E-state index contributed by atoms with van der Waals surface area (Å²) in [6, 6.07) is 0. The molecule has 0 fully saturated rings. The third kappa shape index (κ3) is 10.7. The minimum atomic E-state index is -2.14. The molecule has 0 amide bonds. The van der Waals surface area contributed by atoms with E-state index in [1.165, 1.54) is 0 Å². The summed E-state index contributed by atoms with van der Waals surface area (Å²) in [6.45, 7) is -2.14. The van der Waals surface area contributed by atoms with Gasteiger partial charge in [-0.15, -0.1) is 0 Å². The van der Waals surface area contributed by atoms with Gasteiger partial charge in [-0.2, -0.15) is 0 Å². The van der Waals surface area contributed by atoms with Crippen molar-refractivity contribution in [1.29, 1.82) is 0 Å². The number of hydrogen-bond acceptors (Lipinski definition) is 2. The molecular weight excluding hydrogens is 103 g/mol. The third-order valence-electron chi connectivity index (χ3n) is 0.329. The maximum Gasteiger partial charge on any atom is 1.00 e. The molecule has 0 radical (unpaired) electrons. The second kappa shape index (κ2) is 6.47. The van der Waals surface area contributed by atoms with E-state index in [-0.39, 0.29) is 36.0 Å². The smallest absolute Gasteiger partial charge is 0.550 e. The van der Waals surface area contributed by atoms with E-state index in [9.17, 15) is 9.90 Å². The van der Waals surface area contributed by atoms with Crippen LogP contribution in [0.3, 0.4) is 0 Å². The van der Waals surface area contributed by atoms with Crippen LogP contribution in [0.4, 0.5) is 0 Å². The van der Waals surface area contributed by atoms with Crippen molar-refractivity contribution in [1.82, 2.24) is 0 Å². The Kier molecular flexibility index (Phi) is 4.03. The predicted molar refractivity (Wildman–Crippen MR) is 19.9 cm³/mol. The number of carboxylic acids is 1. The van der Waals surface area contributed by atoms with E-state index in [0.717, 1.165) is 0 Å². The molecule has 3 heteroatoms. The van der Waals surface area contributed by atoms with E-state index in [1.807, 2.05) is 0 Å². The van der Waals surface area contributed by atoms with E-state index >= 15 is 0 Å². The molecule has 0 aliphatic carbocycles. The molecule has 0 N–H and O–H groups in total. The van der Waals surface area contributed by atoms with Gasteiger partial charge in [0.15, 0.2) is 0 Å². The van der Waals surface area contributed by atoms with Gasteiger partial charge < -0.3 is 9.90 Å². The average molecular weight is 113 g/mol. The first-order valence-electron chi connectivity index (χ1n) is 3.12. The molecule has 0 aromatic rings. The van der Waals surface area contributed by atoms with E-state index in [0.29, 0.717) is 0 Å². The molecule has 0 rings (SSSR count). The second-order valence-corrected chi connectivity index (χ2v) is 0.872. The van der Waals surface area contributed by atoms with Crippen LogP contribution >= 0.6 is 0 Å². The molecule has 36 valence electrons. The van der Waals surface area contributed by atoms with Crippen molar-refractivity contribution in [2.75, 3.05) is 0 Å². The molecule has 0 saturated carbocycles. The Balaban J connectivity index is 0. The van der Waals surface area contributed by atoms with Crippen molar-refractivity contribution in [3.05, 3.63) is 0 Å². The van der Waals surface area contributed by atoms with Gasteiger partial charge in [-0.25, -0.2) is 0 Å². The topological polar surface area (TPSA) is 40.1 Å². The average Bonchev–Trinajstić information content (AvgIpc) is 1.59. The number of carbonyl (C=O) groups excluding carboxylic acids is 1. The molecule has 0 saturated heterocycles. The van der Waals surface area contributed by atoms with Gasteiger partial charge in [-0.05, 0) is 6.42 Å². The van der Waals surface area contributed by atoms with Crippen LogP contribution in [0.5, 0.6) is 0 Å². The largest absolute Gasteiger partial charge is 1.00 e. The zero-order valence-corrected chi connectivity index (χ0v) is 6.23. The molecule has 0 spiro atoms. The first-order chi connectivity index (χ1) is 3.92. The van der Waals surface area contributed by atoms with Crippen LogP contribution in [0, 0.1) is 0 Å². The molecular formula is C4H7NaO2. The summed E-state index contributed by atoms with van der Waals surface area (Å²) in [5.41, 5.74) is 0. The van der Waals surface area contributed by atoms with Crippen LogP contribution in [0.15, 0.2) is 0 Å². The van der Waals surface area contributed by atoms with E-state index in [4.69, 9.17) is 4.11 Å².